The standard InChI is InChI=1S/C19H21F3N2O3S/c1-24(11-10-13-4-9-16(25-2)17(12-13)26-3)18(28)23-14-5-7-15(8-6-14)27-19(20,21)22/h4-9,12H,10-11H2,1-3H3,(H,23,28). The quantitative estimate of drug-likeness (QED) is 0.675. The van der Waals surface area contributed by atoms with Crippen molar-refractivity contribution in [3.05, 3.63) is 48.0 Å². The molecule has 0 aliphatic heterocycles. The third-order valence-corrected chi connectivity index (χ3v) is 4.28. The highest BCUT2D eigenvalue weighted by atomic mass is 32.1. The zero-order valence-corrected chi connectivity index (χ0v) is 16.5. The second-order valence-electron chi connectivity index (χ2n) is 5.86. The summed E-state index contributed by atoms with van der Waals surface area (Å²) in [7, 11) is 4.99. The molecule has 9 heteroatoms. The van der Waals surface area contributed by atoms with Crippen LogP contribution in [0, 0.1) is 0 Å². The van der Waals surface area contributed by atoms with Crippen molar-refractivity contribution < 1.29 is 27.4 Å². The van der Waals surface area contributed by atoms with Gasteiger partial charge in [0.1, 0.15) is 5.75 Å². The molecule has 152 valence electrons. The maximum Gasteiger partial charge on any atom is 0.573 e. The topological polar surface area (TPSA) is 43.0 Å². The number of methoxy groups -OCH3 is 2. The predicted octanol–water partition coefficient (Wildman–Crippen LogP) is 4.47. The molecule has 0 amide bonds. The Hall–Kier alpha value is -2.68. The first-order chi connectivity index (χ1) is 13.2. The lowest BCUT2D eigenvalue weighted by Crippen LogP contribution is -2.32. The summed E-state index contributed by atoms with van der Waals surface area (Å²) < 4.78 is 50.9. The van der Waals surface area contributed by atoms with Gasteiger partial charge >= 0.3 is 6.36 Å². The van der Waals surface area contributed by atoms with Gasteiger partial charge in [0.05, 0.1) is 14.2 Å². The van der Waals surface area contributed by atoms with Crippen LogP contribution in [-0.2, 0) is 6.42 Å². The Morgan fingerprint density at radius 2 is 1.68 bits per heavy atom. The summed E-state index contributed by atoms with van der Waals surface area (Å²) in [6.45, 7) is 0.636. The molecule has 0 aliphatic rings. The van der Waals surface area contributed by atoms with E-state index in [4.69, 9.17) is 21.7 Å². The summed E-state index contributed by atoms with van der Waals surface area (Å²) in [5.41, 5.74) is 1.62. The van der Waals surface area contributed by atoms with Crippen molar-refractivity contribution in [1.82, 2.24) is 4.90 Å². The van der Waals surface area contributed by atoms with E-state index in [1.165, 1.54) is 24.3 Å². The molecule has 2 aromatic rings. The van der Waals surface area contributed by atoms with Gasteiger partial charge < -0.3 is 24.4 Å². The number of rotatable bonds is 7. The summed E-state index contributed by atoms with van der Waals surface area (Å²) in [6.07, 6.45) is -3.99. The summed E-state index contributed by atoms with van der Waals surface area (Å²) in [5.74, 6) is 1.03. The molecular formula is C19H21F3N2O3S. The van der Waals surface area contributed by atoms with E-state index in [9.17, 15) is 13.2 Å². The van der Waals surface area contributed by atoms with E-state index in [1.54, 1.807) is 14.2 Å². The number of nitrogens with zero attached hydrogens (tertiary/aromatic N) is 1. The Kier molecular flexibility index (Phi) is 7.33. The Balaban J connectivity index is 1.89. The summed E-state index contributed by atoms with van der Waals surface area (Å²) in [6, 6.07) is 11.1. The smallest absolute Gasteiger partial charge is 0.493 e. The molecule has 0 aromatic heterocycles. The maximum atomic E-state index is 12.2. The van der Waals surface area contributed by atoms with Crippen molar-refractivity contribution in [2.24, 2.45) is 0 Å². The molecule has 5 nitrogen and oxygen atoms in total. The second kappa shape index (κ2) is 9.50. The molecule has 0 spiro atoms. The number of halogens is 3. The lowest BCUT2D eigenvalue weighted by atomic mass is 10.1. The van der Waals surface area contributed by atoms with Crippen molar-refractivity contribution in [3.8, 4) is 17.2 Å². The summed E-state index contributed by atoms with van der Waals surface area (Å²) >= 11 is 5.34. The Bertz CT molecular complexity index is 798. The van der Waals surface area contributed by atoms with Crippen molar-refractivity contribution in [3.63, 3.8) is 0 Å². The number of alkyl halides is 3. The van der Waals surface area contributed by atoms with Gasteiger partial charge in [-0.25, -0.2) is 0 Å². The molecule has 28 heavy (non-hydrogen) atoms. The Labute approximate surface area is 167 Å². The zero-order chi connectivity index (χ0) is 20.7. The van der Waals surface area contributed by atoms with Crippen molar-refractivity contribution in [1.29, 1.82) is 0 Å². The van der Waals surface area contributed by atoms with Gasteiger partial charge in [-0.15, -0.1) is 13.2 Å². The van der Waals surface area contributed by atoms with Gasteiger partial charge in [-0.3, -0.25) is 0 Å². The van der Waals surface area contributed by atoms with Gasteiger partial charge in [0.2, 0.25) is 0 Å². The SMILES string of the molecule is COc1ccc(CCN(C)C(=S)Nc2ccc(OC(F)(F)F)cc2)cc1OC. The fourth-order valence-electron chi connectivity index (χ4n) is 2.39. The number of ether oxygens (including phenoxy) is 3. The number of benzene rings is 2. The van der Waals surface area contributed by atoms with E-state index >= 15 is 0 Å². The van der Waals surface area contributed by atoms with Crippen LogP contribution in [0.3, 0.4) is 0 Å². The number of anilines is 1. The molecule has 0 fully saturated rings. The molecular weight excluding hydrogens is 393 g/mol. The number of hydrogen-bond acceptors (Lipinski definition) is 4. The van der Waals surface area contributed by atoms with Gasteiger partial charge in [0, 0.05) is 19.3 Å². The molecule has 0 saturated carbocycles. The highest BCUT2D eigenvalue weighted by molar-refractivity contribution is 7.80. The summed E-state index contributed by atoms with van der Waals surface area (Å²) in [5, 5.41) is 3.43. The Morgan fingerprint density at radius 3 is 2.25 bits per heavy atom. The van der Waals surface area contributed by atoms with E-state index in [0.717, 1.165) is 12.0 Å². The molecule has 0 bridgehead atoms. The predicted molar refractivity (Wildman–Crippen MR) is 105 cm³/mol. The molecule has 2 rings (SSSR count). The van der Waals surface area contributed by atoms with Crippen LogP contribution >= 0.6 is 12.2 Å². The van der Waals surface area contributed by atoms with Crippen LogP contribution in [0.2, 0.25) is 0 Å². The first-order valence-corrected chi connectivity index (χ1v) is 8.71. The lowest BCUT2D eigenvalue weighted by molar-refractivity contribution is -0.274. The monoisotopic (exact) mass is 414 g/mol. The van der Waals surface area contributed by atoms with E-state index in [0.29, 0.717) is 28.8 Å². The van der Waals surface area contributed by atoms with Crippen LogP contribution in [0.4, 0.5) is 18.9 Å². The highest BCUT2D eigenvalue weighted by Gasteiger charge is 2.30. The van der Waals surface area contributed by atoms with Crippen molar-refractivity contribution >= 4 is 23.0 Å². The fraction of sp³-hybridized carbons (Fsp3) is 0.316. The van der Waals surface area contributed by atoms with Crippen molar-refractivity contribution in [2.75, 3.05) is 33.1 Å². The number of hydrogen-bond donors (Lipinski definition) is 1. The van der Waals surface area contributed by atoms with Crippen LogP contribution in [-0.4, -0.2) is 44.2 Å². The average Bonchev–Trinajstić information content (AvgIpc) is 2.66. The second-order valence-corrected chi connectivity index (χ2v) is 6.25. The maximum absolute atomic E-state index is 12.2. The van der Waals surface area contributed by atoms with E-state index in [1.807, 2.05) is 30.1 Å². The van der Waals surface area contributed by atoms with Gasteiger partial charge in [-0.2, -0.15) is 0 Å². The lowest BCUT2D eigenvalue weighted by Gasteiger charge is -2.21. The normalized spacial score (nSPS) is 10.9. The minimum Gasteiger partial charge on any atom is -0.493 e. The van der Waals surface area contributed by atoms with Gasteiger partial charge in [0.25, 0.3) is 0 Å². The molecule has 2 aromatic carbocycles. The first kappa shape index (κ1) is 21.6. The number of thiocarbonyl (C=S) groups is 1. The molecule has 0 radical (unpaired) electrons. The van der Waals surface area contributed by atoms with Gasteiger partial charge in [-0.05, 0) is 60.6 Å². The fourth-order valence-corrected chi connectivity index (χ4v) is 2.60. The third kappa shape index (κ3) is 6.49. The first-order valence-electron chi connectivity index (χ1n) is 8.30. The zero-order valence-electron chi connectivity index (χ0n) is 15.7. The van der Waals surface area contributed by atoms with Gasteiger partial charge in [0.15, 0.2) is 16.6 Å². The molecule has 0 heterocycles. The number of nitrogens with one attached hydrogen (secondary N) is 1. The molecule has 0 unspecified atom stereocenters. The van der Waals surface area contributed by atoms with E-state index in [-0.39, 0.29) is 5.75 Å². The van der Waals surface area contributed by atoms with Crippen LogP contribution in [0.15, 0.2) is 42.5 Å². The number of likely N-dealkylation sites (N-methyl/N-ethyl adjacent to an activating group) is 1. The van der Waals surface area contributed by atoms with Crippen molar-refractivity contribution in [2.45, 2.75) is 12.8 Å². The Morgan fingerprint density at radius 1 is 1.04 bits per heavy atom. The van der Waals surface area contributed by atoms with Crippen LogP contribution in [0.1, 0.15) is 5.56 Å². The molecule has 1 N–H and O–H groups in total. The van der Waals surface area contributed by atoms with Crippen LogP contribution in [0.5, 0.6) is 17.2 Å². The minimum absolute atomic E-state index is 0.286. The van der Waals surface area contributed by atoms with Crippen LogP contribution < -0.4 is 19.5 Å². The van der Waals surface area contributed by atoms with Gasteiger partial charge in [-0.1, -0.05) is 6.07 Å². The highest BCUT2D eigenvalue weighted by Crippen LogP contribution is 2.28. The molecule has 0 saturated heterocycles. The minimum atomic E-state index is -4.71. The van der Waals surface area contributed by atoms with E-state index < -0.39 is 6.36 Å². The third-order valence-electron chi connectivity index (χ3n) is 3.87. The molecule has 0 aliphatic carbocycles. The average molecular weight is 414 g/mol. The van der Waals surface area contributed by atoms with E-state index in [2.05, 4.69) is 10.1 Å². The molecule has 0 atom stereocenters. The summed E-state index contributed by atoms with van der Waals surface area (Å²) in [4.78, 5) is 1.84. The van der Waals surface area contributed by atoms with Crippen LogP contribution in [0.25, 0.3) is 0 Å². The largest absolute Gasteiger partial charge is 0.573 e.